The Balaban J connectivity index is 1.71. The molecule has 0 atom stereocenters. The number of halogens is 1. The summed E-state index contributed by atoms with van der Waals surface area (Å²) in [6, 6.07) is 11.2. The Bertz CT molecular complexity index is 937. The van der Waals surface area contributed by atoms with Crippen LogP contribution in [0.5, 0.6) is 0 Å². The lowest BCUT2D eigenvalue weighted by Gasteiger charge is -2.27. The maximum absolute atomic E-state index is 13.6. The number of hydrogen-bond acceptors (Lipinski definition) is 3. The third kappa shape index (κ3) is 4.31. The largest absolute Gasteiger partial charge is 0.323 e. The number of anilines is 2. The second kappa shape index (κ2) is 7.19. The minimum absolute atomic E-state index is 0.120. The van der Waals surface area contributed by atoms with Crippen molar-refractivity contribution in [1.82, 2.24) is 5.43 Å². The fourth-order valence-corrected chi connectivity index (χ4v) is 2.72. The van der Waals surface area contributed by atoms with Crippen molar-refractivity contribution in [3.63, 3.8) is 0 Å². The molecule has 3 N–H and O–H groups in total. The van der Waals surface area contributed by atoms with Gasteiger partial charge in [-0.05, 0) is 42.3 Å². The molecule has 0 saturated carbocycles. The molecule has 1 aliphatic rings. The Labute approximate surface area is 156 Å². The minimum atomic E-state index is -0.548. The average Bonchev–Trinajstić information content (AvgIpc) is 2.60. The van der Waals surface area contributed by atoms with Crippen molar-refractivity contribution < 1.29 is 14.0 Å². The molecule has 0 unspecified atom stereocenters. The van der Waals surface area contributed by atoms with E-state index >= 15 is 0 Å². The highest BCUT2D eigenvalue weighted by molar-refractivity contribution is 6.07. The molecule has 27 heavy (non-hydrogen) atoms. The SMILES string of the molecule is Cc1ccc(NC(=O)Nc2cccc(C3=NNC(=O)C(C)(C)C3)c2)cc1F. The Morgan fingerprint density at radius 3 is 2.52 bits per heavy atom. The second-order valence-corrected chi connectivity index (χ2v) is 7.18. The van der Waals surface area contributed by atoms with Gasteiger partial charge in [0.2, 0.25) is 5.91 Å². The number of hydrogen-bond donors (Lipinski definition) is 3. The molecular weight excluding hydrogens is 347 g/mol. The van der Waals surface area contributed by atoms with Crippen molar-refractivity contribution >= 4 is 29.0 Å². The smallest absolute Gasteiger partial charge is 0.308 e. The molecule has 6 nitrogen and oxygen atoms in total. The number of rotatable bonds is 3. The third-order valence-corrected chi connectivity index (χ3v) is 4.40. The molecule has 2 aromatic carbocycles. The molecule has 140 valence electrons. The molecule has 7 heteroatoms. The molecule has 0 spiro atoms. The zero-order valence-electron chi connectivity index (χ0n) is 15.4. The van der Waals surface area contributed by atoms with Crippen LogP contribution in [-0.4, -0.2) is 17.6 Å². The van der Waals surface area contributed by atoms with E-state index in [0.29, 0.717) is 23.4 Å². The van der Waals surface area contributed by atoms with Crippen molar-refractivity contribution in [3.05, 3.63) is 59.4 Å². The van der Waals surface area contributed by atoms with Crippen molar-refractivity contribution in [2.75, 3.05) is 10.6 Å². The number of carbonyl (C=O) groups excluding carboxylic acids is 2. The van der Waals surface area contributed by atoms with Gasteiger partial charge in [0.15, 0.2) is 0 Å². The quantitative estimate of drug-likeness (QED) is 0.764. The lowest BCUT2D eigenvalue weighted by molar-refractivity contribution is -0.129. The fraction of sp³-hybridized carbons (Fsp3) is 0.250. The maximum atomic E-state index is 13.6. The van der Waals surface area contributed by atoms with Crippen LogP contribution in [0.1, 0.15) is 31.4 Å². The van der Waals surface area contributed by atoms with Crippen LogP contribution in [0.3, 0.4) is 0 Å². The summed E-state index contributed by atoms with van der Waals surface area (Å²) in [4.78, 5) is 24.0. The summed E-state index contributed by atoms with van der Waals surface area (Å²) in [5.74, 6) is -0.500. The molecule has 3 amide bonds. The summed E-state index contributed by atoms with van der Waals surface area (Å²) < 4.78 is 13.6. The normalized spacial score (nSPS) is 15.6. The van der Waals surface area contributed by atoms with Crippen LogP contribution >= 0.6 is 0 Å². The lowest BCUT2D eigenvalue weighted by atomic mass is 9.83. The Hall–Kier alpha value is -3.22. The molecular formula is C20H21FN4O2. The van der Waals surface area contributed by atoms with Gasteiger partial charge in [0.05, 0.1) is 11.1 Å². The zero-order chi connectivity index (χ0) is 19.6. The number of hydrazone groups is 1. The monoisotopic (exact) mass is 368 g/mol. The summed E-state index contributed by atoms with van der Waals surface area (Å²) in [5.41, 5.74) is 4.98. The van der Waals surface area contributed by atoms with E-state index in [-0.39, 0.29) is 11.7 Å². The Morgan fingerprint density at radius 2 is 1.85 bits per heavy atom. The minimum Gasteiger partial charge on any atom is -0.308 e. The molecule has 3 rings (SSSR count). The summed E-state index contributed by atoms with van der Waals surface area (Å²) in [5, 5.41) is 9.45. The van der Waals surface area contributed by atoms with Crippen LogP contribution in [-0.2, 0) is 4.79 Å². The molecule has 0 bridgehead atoms. The third-order valence-electron chi connectivity index (χ3n) is 4.40. The number of aryl methyl sites for hydroxylation is 1. The number of urea groups is 1. The molecule has 2 aromatic rings. The standard InChI is InChI=1S/C20H21FN4O2/c1-12-7-8-15(10-16(12)21)23-19(27)22-14-6-4-5-13(9-14)17-11-20(2,3)18(26)25-24-17/h4-10H,11H2,1-3H3,(H,25,26)(H2,22,23,27). The van der Waals surface area contributed by atoms with Gasteiger partial charge in [-0.2, -0.15) is 5.10 Å². The van der Waals surface area contributed by atoms with E-state index in [1.165, 1.54) is 6.07 Å². The predicted molar refractivity (Wildman–Crippen MR) is 103 cm³/mol. The molecule has 1 aliphatic heterocycles. The van der Waals surface area contributed by atoms with E-state index in [1.54, 1.807) is 37.3 Å². The van der Waals surface area contributed by atoms with Crippen LogP contribution in [0.25, 0.3) is 0 Å². The highest BCUT2D eigenvalue weighted by Gasteiger charge is 2.33. The molecule has 0 radical (unpaired) electrons. The van der Waals surface area contributed by atoms with E-state index < -0.39 is 11.4 Å². The molecule has 0 saturated heterocycles. The van der Waals surface area contributed by atoms with Gasteiger partial charge in [0, 0.05) is 17.8 Å². The molecule has 0 fully saturated rings. The van der Waals surface area contributed by atoms with Crippen molar-refractivity contribution in [1.29, 1.82) is 0 Å². The first-order valence-corrected chi connectivity index (χ1v) is 8.56. The van der Waals surface area contributed by atoms with Gasteiger partial charge in [0.25, 0.3) is 0 Å². The summed E-state index contributed by atoms with van der Waals surface area (Å²) in [6.45, 7) is 5.36. The van der Waals surface area contributed by atoms with Gasteiger partial charge in [0.1, 0.15) is 5.82 Å². The molecule has 0 aliphatic carbocycles. The van der Waals surface area contributed by atoms with Crippen molar-refractivity contribution in [3.8, 4) is 0 Å². The van der Waals surface area contributed by atoms with Crippen molar-refractivity contribution in [2.24, 2.45) is 10.5 Å². The van der Waals surface area contributed by atoms with Gasteiger partial charge >= 0.3 is 6.03 Å². The zero-order valence-corrected chi connectivity index (χ0v) is 15.4. The van der Waals surface area contributed by atoms with Crippen molar-refractivity contribution in [2.45, 2.75) is 27.2 Å². The first-order chi connectivity index (χ1) is 12.7. The first-order valence-electron chi connectivity index (χ1n) is 8.56. The van der Waals surface area contributed by atoms with Gasteiger partial charge in [-0.3, -0.25) is 4.79 Å². The second-order valence-electron chi connectivity index (χ2n) is 7.18. The van der Waals surface area contributed by atoms with Crippen LogP contribution in [0.4, 0.5) is 20.6 Å². The van der Waals surface area contributed by atoms with E-state index in [1.807, 2.05) is 19.9 Å². The summed E-state index contributed by atoms with van der Waals surface area (Å²) in [7, 11) is 0. The Morgan fingerprint density at radius 1 is 1.15 bits per heavy atom. The molecule has 0 aromatic heterocycles. The predicted octanol–water partition coefficient (Wildman–Crippen LogP) is 4.03. The van der Waals surface area contributed by atoms with Gasteiger partial charge in [-0.15, -0.1) is 0 Å². The number of benzene rings is 2. The molecule has 1 heterocycles. The van der Waals surface area contributed by atoms with E-state index in [9.17, 15) is 14.0 Å². The van der Waals surface area contributed by atoms with Crippen LogP contribution in [0.15, 0.2) is 47.6 Å². The van der Waals surface area contributed by atoms with Crippen LogP contribution in [0.2, 0.25) is 0 Å². The highest BCUT2D eigenvalue weighted by atomic mass is 19.1. The Kier molecular flexibility index (Phi) is 4.94. The number of nitrogens with zero attached hydrogens (tertiary/aromatic N) is 1. The van der Waals surface area contributed by atoms with Gasteiger partial charge < -0.3 is 10.6 Å². The van der Waals surface area contributed by atoms with Gasteiger partial charge in [-0.1, -0.05) is 32.0 Å². The van der Waals surface area contributed by atoms with Crippen LogP contribution in [0, 0.1) is 18.2 Å². The summed E-state index contributed by atoms with van der Waals surface area (Å²) in [6.07, 6.45) is 0.497. The van der Waals surface area contributed by atoms with E-state index in [0.717, 1.165) is 11.3 Å². The van der Waals surface area contributed by atoms with E-state index in [4.69, 9.17) is 0 Å². The number of carbonyl (C=O) groups is 2. The topological polar surface area (TPSA) is 82.6 Å². The highest BCUT2D eigenvalue weighted by Crippen LogP contribution is 2.27. The number of nitrogens with one attached hydrogen (secondary N) is 3. The van der Waals surface area contributed by atoms with E-state index in [2.05, 4.69) is 21.2 Å². The average molecular weight is 368 g/mol. The lowest BCUT2D eigenvalue weighted by Crippen LogP contribution is -2.40. The maximum Gasteiger partial charge on any atom is 0.323 e. The van der Waals surface area contributed by atoms with Crippen LogP contribution < -0.4 is 16.1 Å². The number of amides is 3. The fourth-order valence-electron chi connectivity index (χ4n) is 2.72. The first kappa shape index (κ1) is 18.6. The van der Waals surface area contributed by atoms with Gasteiger partial charge in [-0.25, -0.2) is 14.6 Å². The summed E-state index contributed by atoms with van der Waals surface area (Å²) >= 11 is 0.